The van der Waals surface area contributed by atoms with Crippen molar-refractivity contribution in [2.75, 3.05) is 6.54 Å². The van der Waals surface area contributed by atoms with E-state index in [1.165, 1.54) is 12.1 Å². The van der Waals surface area contributed by atoms with Gasteiger partial charge < -0.3 is 15.8 Å². The van der Waals surface area contributed by atoms with E-state index in [2.05, 4.69) is 5.32 Å². The topological polar surface area (TPSA) is 145 Å². The lowest BCUT2D eigenvalue weighted by Gasteiger charge is -2.25. The highest BCUT2D eigenvalue weighted by atomic mass is 32.2. The summed E-state index contributed by atoms with van der Waals surface area (Å²) in [6, 6.07) is 12.6. The number of sulfonamides is 1. The summed E-state index contributed by atoms with van der Waals surface area (Å²) in [4.78, 5) is 37.1. The molecule has 9 nitrogen and oxygen atoms in total. The van der Waals surface area contributed by atoms with Crippen molar-refractivity contribution in [1.82, 2.24) is 9.62 Å². The van der Waals surface area contributed by atoms with Gasteiger partial charge in [0.15, 0.2) is 0 Å². The molecule has 1 amide bonds. The van der Waals surface area contributed by atoms with Gasteiger partial charge in [0.1, 0.15) is 17.9 Å². The maximum absolute atomic E-state index is 13.1. The van der Waals surface area contributed by atoms with Crippen molar-refractivity contribution >= 4 is 33.4 Å². The van der Waals surface area contributed by atoms with Gasteiger partial charge in [-0.2, -0.15) is 4.31 Å². The van der Waals surface area contributed by atoms with Crippen LogP contribution in [0.4, 0.5) is 0 Å². The van der Waals surface area contributed by atoms with Crippen molar-refractivity contribution in [2.45, 2.75) is 68.8 Å². The Kier molecular flexibility index (Phi) is 9.71. The van der Waals surface area contributed by atoms with E-state index in [0.29, 0.717) is 43.4 Å². The van der Waals surface area contributed by atoms with Crippen LogP contribution in [-0.2, 0) is 37.2 Å². The molecule has 1 aliphatic heterocycles. The third kappa shape index (κ3) is 7.80. The summed E-state index contributed by atoms with van der Waals surface area (Å²) in [7, 11) is -3.89. The number of aliphatic carboxylic acids is 1. The molecule has 2 aromatic rings. The lowest BCUT2D eigenvalue weighted by atomic mass is 10.00. The number of carbonyl (C=O) groups excluding carboxylic acids is 2. The molecule has 0 bridgehead atoms. The predicted molar refractivity (Wildman–Crippen MR) is 139 cm³/mol. The van der Waals surface area contributed by atoms with Crippen LogP contribution in [0.5, 0.6) is 0 Å². The first-order valence-corrected chi connectivity index (χ1v) is 13.8. The molecule has 3 N–H and O–H groups in total. The van der Waals surface area contributed by atoms with Crippen LogP contribution in [0.2, 0.25) is 0 Å². The molecular formula is C27H33N3O6S. The van der Waals surface area contributed by atoms with Gasteiger partial charge in [0.25, 0.3) is 0 Å². The van der Waals surface area contributed by atoms with Crippen molar-refractivity contribution in [2.24, 2.45) is 0 Å². The van der Waals surface area contributed by atoms with Gasteiger partial charge in [-0.3, -0.25) is 9.59 Å². The van der Waals surface area contributed by atoms with E-state index < -0.39 is 34.0 Å². The van der Waals surface area contributed by atoms with E-state index in [-0.39, 0.29) is 30.1 Å². The molecule has 3 rings (SSSR count). The number of amides is 1. The summed E-state index contributed by atoms with van der Waals surface area (Å²) in [5.74, 6) is -1.77. The smallest absolute Gasteiger partial charge is 0.326 e. The summed E-state index contributed by atoms with van der Waals surface area (Å²) in [5, 5.41) is 19.7. The molecule has 1 aliphatic rings. The molecule has 0 aromatic heterocycles. The highest BCUT2D eigenvalue weighted by molar-refractivity contribution is 7.89. The number of nitrogens with zero attached hydrogens (tertiary/aromatic N) is 1. The molecule has 0 aliphatic carbocycles. The van der Waals surface area contributed by atoms with E-state index in [1.54, 1.807) is 49.4 Å². The van der Waals surface area contributed by atoms with Crippen LogP contribution < -0.4 is 5.32 Å². The second kappa shape index (κ2) is 12.7. The molecule has 1 saturated heterocycles. The summed E-state index contributed by atoms with van der Waals surface area (Å²) >= 11 is 0. The summed E-state index contributed by atoms with van der Waals surface area (Å²) in [6.07, 6.45) is 2.76. The third-order valence-electron chi connectivity index (χ3n) is 6.34. The number of hydrogen-bond acceptors (Lipinski definition) is 6. The Hall–Kier alpha value is -3.37. The predicted octanol–water partition coefficient (Wildman–Crippen LogP) is 2.97. The largest absolute Gasteiger partial charge is 0.480 e. The lowest BCUT2D eigenvalue weighted by molar-refractivity contribution is -0.142. The van der Waals surface area contributed by atoms with E-state index in [1.807, 2.05) is 0 Å². The van der Waals surface area contributed by atoms with Gasteiger partial charge in [-0.25, -0.2) is 13.2 Å². The minimum absolute atomic E-state index is 0.0199. The van der Waals surface area contributed by atoms with Crippen LogP contribution in [-0.4, -0.2) is 59.8 Å². The number of benzene rings is 2. The first-order chi connectivity index (χ1) is 17.6. The highest BCUT2D eigenvalue weighted by Crippen LogP contribution is 2.26. The van der Waals surface area contributed by atoms with Crippen LogP contribution in [0.3, 0.4) is 0 Å². The molecular weight excluding hydrogens is 494 g/mol. The Morgan fingerprint density at radius 3 is 2.32 bits per heavy atom. The standard InChI is InChI=1S/C27H33N3O6S/c1-19(28)7-5-8-22(31)17-20-12-14-21(15-13-20)18-24(27(33)34)29-26(32)25-11-6-16-30(25)37(35,36)23-9-3-2-4-10-23/h2-4,9-10,12-15,24-25,28H,5-8,11,16-18H2,1H3,(H,29,32)(H,33,34). The summed E-state index contributed by atoms with van der Waals surface area (Å²) < 4.78 is 27.2. The fraction of sp³-hybridized carbons (Fsp3) is 0.407. The van der Waals surface area contributed by atoms with Crippen molar-refractivity contribution < 1.29 is 27.9 Å². The number of nitrogens with one attached hydrogen (secondary N) is 2. The van der Waals surface area contributed by atoms with Crippen molar-refractivity contribution in [3.05, 3.63) is 65.7 Å². The van der Waals surface area contributed by atoms with Crippen LogP contribution >= 0.6 is 0 Å². The molecule has 1 heterocycles. The maximum Gasteiger partial charge on any atom is 0.326 e. The van der Waals surface area contributed by atoms with Crippen LogP contribution in [0.1, 0.15) is 50.2 Å². The van der Waals surface area contributed by atoms with E-state index in [0.717, 1.165) is 9.87 Å². The normalized spacial score (nSPS) is 16.7. The third-order valence-corrected chi connectivity index (χ3v) is 8.26. The van der Waals surface area contributed by atoms with Crippen LogP contribution in [0.25, 0.3) is 0 Å². The van der Waals surface area contributed by atoms with Gasteiger partial charge in [0.2, 0.25) is 15.9 Å². The van der Waals surface area contributed by atoms with Gasteiger partial charge in [-0.1, -0.05) is 42.5 Å². The van der Waals surface area contributed by atoms with Crippen molar-refractivity contribution in [3.8, 4) is 0 Å². The molecule has 1 fully saturated rings. The quantitative estimate of drug-likeness (QED) is 0.342. The number of ketones is 1. The first kappa shape index (κ1) is 28.2. The molecule has 37 heavy (non-hydrogen) atoms. The fourth-order valence-corrected chi connectivity index (χ4v) is 6.06. The fourth-order valence-electron chi connectivity index (χ4n) is 4.38. The number of carbonyl (C=O) groups is 3. The Labute approximate surface area is 217 Å². The Morgan fingerprint density at radius 2 is 1.70 bits per heavy atom. The zero-order valence-corrected chi connectivity index (χ0v) is 21.7. The minimum atomic E-state index is -3.89. The number of carboxylic acids is 1. The SMILES string of the molecule is CC(=N)CCCC(=O)Cc1ccc(CC(NC(=O)C2CCCN2S(=O)(=O)c2ccccc2)C(=O)O)cc1. The average molecular weight is 528 g/mol. The summed E-state index contributed by atoms with van der Waals surface area (Å²) in [5.41, 5.74) is 2.03. The Bertz CT molecular complexity index is 1230. The number of hydrogen-bond donors (Lipinski definition) is 3. The molecule has 2 unspecified atom stereocenters. The zero-order valence-electron chi connectivity index (χ0n) is 20.9. The number of rotatable bonds is 13. The van der Waals surface area contributed by atoms with Gasteiger partial charge in [0.05, 0.1) is 4.90 Å². The average Bonchev–Trinajstić information content (AvgIpc) is 3.36. The molecule has 2 atom stereocenters. The van der Waals surface area contributed by atoms with Crippen molar-refractivity contribution in [1.29, 1.82) is 5.41 Å². The van der Waals surface area contributed by atoms with E-state index >= 15 is 0 Å². The van der Waals surface area contributed by atoms with Crippen LogP contribution in [0.15, 0.2) is 59.5 Å². The first-order valence-electron chi connectivity index (χ1n) is 12.3. The monoisotopic (exact) mass is 527 g/mol. The molecule has 0 spiro atoms. The maximum atomic E-state index is 13.1. The second-order valence-electron chi connectivity index (χ2n) is 9.36. The molecule has 198 valence electrons. The zero-order chi connectivity index (χ0) is 27.0. The molecule has 2 aromatic carbocycles. The van der Waals surface area contributed by atoms with Gasteiger partial charge in [-0.15, -0.1) is 0 Å². The van der Waals surface area contributed by atoms with E-state index in [4.69, 9.17) is 5.41 Å². The number of carboxylic acid groups (broad SMARTS) is 1. The highest BCUT2D eigenvalue weighted by Gasteiger charge is 2.40. The molecule has 0 radical (unpaired) electrons. The van der Waals surface area contributed by atoms with E-state index in [9.17, 15) is 27.9 Å². The lowest BCUT2D eigenvalue weighted by Crippen LogP contribution is -2.51. The molecule has 0 saturated carbocycles. The Morgan fingerprint density at radius 1 is 1.05 bits per heavy atom. The second-order valence-corrected chi connectivity index (χ2v) is 11.2. The minimum Gasteiger partial charge on any atom is -0.480 e. The Balaban J connectivity index is 1.61. The number of Topliss-reactive ketones (excluding diaryl/α,β-unsaturated/α-hetero) is 1. The van der Waals surface area contributed by atoms with Crippen molar-refractivity contribution in [3.63, 3.8) is 0 Å². The van der Waals surface area contributed by atoms with Gasteiger partial charge in [-0.05, 0) is 55.9 Å². The van der Waals surface area contributed by atoms with Crippen LogP contribution in [0, 0.1) is 5.41 Å². The molecule has 10 heteroatoms. The van der Waals surface area contributed by atoms with Gasteiger partial charge in [0, 0.05) is 31.5 Å². The van der Waals surface area contributed by atoms with Gasteiger partial charge >= 0.3 is 5.97 Å². The summed E-state index contributed by atoms with van der Waals surface area (Å²) in [6.45, 7) is 1.90.